The van der Waals surface area contributed by atoms with Gasteiger partial charge in [0.05, 0.1) is 0 Å². The van der Waals surface area contributed by atoms with E-state index in [9.17, 15) is 0 Å². The SMILES string of the molecule is [Cl][Ru]([Cl])[Cl].[Cu]. The van der Waals surface area contributed by atoms with E-state index in [0.29, 0.717) is 0 Å². The van der Waals surface area contributed by atoms with E-state index < -0.39 is 13.0 Å². The van der Waals surface area contributed by atoms with Crippen LogP contribution in [-0.4, -0.2) is 0 Å². The fraction of sp³-hybridized carbons (Fsp3) is 0. The Morgan fingerprint density at radius 3 is 1.00 bits per heavy atom. The fourth-order valence-electron chi connectivity index (χ4n) is 0. The van der Waals surface area contributed by atoms with Gasteiger partial charge in [0.25, 0.3) is 0 Å². The van der Waals surface area contributed by atoms with Crippen LogP contribution in [0.3, 0.4) is 0 Å². The number of hydrogen-bond acceptors (Lipinski definition) is 0. The standard InChI is InChI=1S/3ClH.Cu.Ru/h3*1H;;/q;;;;+3/p-3. The first-order chi connectivity index (χ1) is 1.73. The normalized spacial score (nSPS) is 9.00. The molecule has 0 rings (SSSR count). The van der Waals surface area contributed by atoms with E-state index in [0.717, 1.165) is 0 Å². The summed E-state index contributed by atoms with van der Waals surface area (Å²) in [4.78, 5) is 0. The van der Waals surface area contributed by atoms with Crippen molar-refractivity contribution in [3.8, 4) is 0 Å². The topological polar surface area (TPSA) is 0 Å². The van der Waals surface area contributed by atoms with Crippen LogP contribution >= 0.6 is 29.1 Å². The van der Waals surface area contributed by atoms with E-state index in [1.165, 1.54) is 0 Å². The van der Waals surface area contributed by atoms with Crippen molar-refractivity contribution in [2.45, 2.75) is 0 Å². The molecule has 0 N–H and O–H groups in total. The summed E-state index contributed by atoms with van der Waals surface area (Å²) in [5.74, 6) is 0. The molecule has 5 heavy (non-hydrogen) atoms. The van der Waals surface area contributed by atoms with Crippen molar-refractivity contribution in [3.05, 3.63) is 0 Å². The Morgan fingerprint density at radius 2 is 1.00 bits per heavy atom. The molecule has 0 atom stereocenters. The summed E-state index contributed by atoms with van der Waals surface area (Å²) in [5.41, 5.74) is 0. The predicted octanol–water partition coefficient (Wildman–Crippen LogP) is 2.06. The Bertz CT molecular complexity index is 11.6. The molecule has 0 aliphatic heterocycles. The first-order valence-corrected chi connectivity index (χ1v) is 7.12. The zero-order valence-corrected chi connectivity index (χ0v) is 6.74. The molecule has 0 saturated heterocycles. The smallest absolute Gasteiger partial charge is 0 e. The molecule has 5 heteroatoms. The third-order valence-electron chi connectivity index (χ3n) is 0. The first kappa shape index (κ1) is 10.1. The summed E-state index contributed by atoms with van der Waals surface area (Å²) >= 11 is -1.75. The summed E-state index contributed by atoms with van der Waals surface area (Å²) in [7, 11) is 14.8. The zero-order valence-electron chi connectivity index (χ0n) is 1.79. The van der Waals surface area contributed by atoms with Gasteiger partial charge in [0.15, 0.2) is 0 Å². The first-order valence-electron chi connectivity index (χ1n) is 0.401. The number of hydrogen-bond donors (Lipinski definition) is 0. The Labute approximate surface area is 58.7 Å². The van der Waals surface area contributed by atoms with Crippen molar-refractivity contribution in [1.29, 1.82) is 0 Å². The van der Waals surface area contributed by atoms with Crippen LogP contribution in [-0.2, 0) is 30.0 Å². The van der Waals surface area contributed by atoms with Crippen LogP contribution in [0, 0.1) is 0 Å². The van der Waals surface area contributed by atoms with E-state index in [1.54, 1.807) is 0 Å². The minimum atomic E-state index is -1.75. The maximum Gasteiger partial charge on any atom is 0 e. The second-order valence-corrected chi connectivity index (χ2v) is 8.07. The van der Waals surface area contributed by atoms with Gasteiger partial charge < -0.3 is 0 Å². The zero-order chi connectivity index (χ0) is 3.58. The Balaban J connectivity index is 0. The molecule has 1 radical (unpaired) electrons. The second-order valence-electron chi connectivity index (χ2n) is 0.152. The summed E-state index contributed by atoms with van der Waals surface area (Å²) < 4.78 is 0. The van der Waals surface area contributed by atoms with E-state index in [-0.39, 0.29) is 17.1 Å². The van der Waals surface area contributed by atoms with Gasteiger partial charge in [-0.05, 0) is 0 Å². The van der Waals surface area contributed by atoms with Gasteiger partial charge in [-0.15, -0.1) is 0 Å². The average Bonchev–Trinajstić information content (AvgIpc) is 0.811. The predicted molar refractivity (Wildman–Crippen MR) is 17.6 cm³/mol. The van der Waals surface area contributed by atoms with E-state index in [2.05, 4.69) is 0 Å². The van der Waals surface area contributed by atoms with Crippen molar-refractivity contribution in [2.75, 3.05) is 0 Å². The van der Waals surface area contributed by atoms with Crippen LogP contribution in [0.2, 0.25) is 0 Å². The second kappa shape index (κ2) is 6.01. The molecule has 0 aliphatic rings. The molecule has 0 aliphatic carbocycles. The molecule has 0 aromatic rings. The maximum atomic E-state index is 4.95. The molecule has 0 aromatic heterocycles. The maximum absolute atomic E-state index is 4.95. The summed E-state index contributed by atoms with van der Waals surface area (Å²) in [5, 5.41) is 0. The molecule has 0 heterocycles. The Morgan fingerprint density at radius 1 is 1.00 bits per heavy atom. The van der Waals surface area contributed by atoms with Crippen LogP contribution in [0.25, 0.3) is 0 Å². The molecule has 0 unspecified atom stereocenters. The Hall–Kier alpha value is 2.01. The van der Waals surface area contributed by atoms with Crippen molar-refractivity contribution in [3.63, 3.8) is 0 Å². The molecule has 0 saturated carbocycles. The third-order valence-corrected chi connectivity index (χ3v) is 0. The van der Waals surface area contributed by atoms with E-state index in [4.69, 9.17) is 29.1 Å². The third kappa shape index (κ3) is 23.9. The van der Waals surface area contributed by atoms with Crippen LogP contribution in [0.15, 0.2) is 0 Å². The summed E-state index contributed by atoms with van der Waals surface area (Å²) in [6.07, 6.45) is 0. The summed E-state index contributed by atoms with van der Waals surface area (Å²) in [6.45, 7) is 0. The van der Waals surface area contributed by atoms with Crippen molar-refractivity contribution in [2.24, 2.45) is 0 Å². The van der Waals surface area contributed by atoms with Gasteiger partial charge in [0, 0.05) is 17.1 Å². The van der Waals surface area contributed by atoms with E-state index >= 15 is 0 Å². The molecule has 0 aromatic carbocycles. The van der Waals surface area contributed by atoms with Gasteiger partial charge in [0.2, 0.25) is 0 Å². The minimum absolute atomic E-state index is 0. The molecule has 0 bridgehead atoms. The molecule has 40 valence electrons. The number of halogens is 3. The molecule has 0 spiro atoms. The monoisotopic (exact) mass is 270 g/mol. The molecular formula is Cl3CuRu. The largest absolute Gasteiger partial charge is 0 e. The van der Waals surface area contributed by atoms with Gasteiger partial charge >= 0.3 is 42.1 Å². The van der Waals surface area contributed by atoms with Crippen LogP contribution in [0.5, 0.6) is 0 Å². The number of rotatable bonds is 0. The molecule has 0 amide bonds. The molecular weight excluding hydrogens is 271 g/mol. The van der Waals surface area contributed by atoms with Crippen LogP contribution in [0.4, 0.5) is 0 Å². The van der Waals surface area contributed by atoms with Gasteiger partial charge in [-0.25, -0.2) is 0 Å². The van der Waals surface area contributed by atoms with Crippen molar-refractivity contribution in [1.82, 2.24) is 0 Å². The summed E-state index contributed by atoms with van der Waals surface area (Å²) in [6, 6.07) is 0. The minimum Gasteiger partial charge on any atom is 0 e. The molecule has 0 fully saturated rings. The van der Waals surface area contributed by atoms with Gasteiger partial charge in [-0.2, -0.15) is 0 Å². The Kier molecular flexibility index (Phi) is 12.1. The van der Waals surface area contributed by atoms with E-state index in [1.807, 2.05) is 0 Å². The van der Waals surface area contributed by atoms with Gasteiger partial charge in [-0.1, -0.05) is 0 Å². The quantitative estimate of drug-likeness (QED) is 0.591. The van der Waals surface area contributed by atoms with Gasteiger partial charge in [0.1, 0.15) is 0 Å². The van der Waals surface area contributed by atoms with Gasteiger partial charge in [-0.3, -0.25) is 0 Å². The van der Waals surface area contributed by atoms with Crippen molar-refractivity contribution >= 4 is 29.1 Å². The fourth-order valence-corrected chi connectivity index (χ4v) is 0. The van der Waals surface area contributed by atoms with Crippen molar-refractivity contribution < 1.29 is 30.0 Å². The molecule has 0 nitrogen and oxygen atoms in total. The average molecular weight is 271 g/mol. The van der Waals surface area contributed by atoms with Crippen LogP contribution in [0.1, 0.15) is 0 Å². The van der Waals surface area contributed by atoms with Crippen LogP contribution < -0.4 is 0 Å².